The molecule has 0 heterocycles. The van der Waals surface area contributed by atoms with Gasteiger partial charge in [-0.25, -0.2) is 9.59 Å². The minimum Gasteiger partial charge on any atom is -0.478 e. The van der Waals surface area contributed by atoms with Gasteiger partial charge in [0.05, 0.1) is 6.61 Å². The lowest BCUT2D eigenvalue weighted by atomic mass is 10.0. The lowest BCUT2D eigenvalue weighted by molar-refractivity contribution is -0.138. The molecule has 0 aromatic heterocycles. The molecule has 0 aliphatic rings. The van der Waals surface area contributed by atoms with Crippen molar-refractivity contribution in [2.45, 2.75) is 47.0 Å². The zero-order chi connectivity index (χ0) is 16.7. The zero-order valence-electron chi connectivity index (χ0n) is 13.6. The van der Waals surface area contributed by atoms with Gasteiger partial charge in [-0.05, 0) is 46.0 Å². The maximum absolute atomic E-state index is 10.7. The molecule has 0 fully saturated rings. The third-order valence-electron chi connectivity index (χ3n) is 2.54. The predicted molar refractivity (Wildman–Crippen MR) is 86.1 cm³/mol. The van der Waals surface area contributed by atoms with E-state index in [0.717, 1.165) is 25.3 Å². The van der Waals surface area contributed by atoms with Crippen molar-refractivity contribution in [3.63, 3.8) is 0 Å². The van der Waals surface area contributed by atoms with Crippen LogP contribution in [-0.2, 0) is 14.3 Å². The minimum atomic E-state index is -0.891. The van der Waals surface area contributed by atoms with Crippen LogP contribution in [0.2, 0.25) is 0 Å². The van der Waals surface area contributed by atoms with Gasteiger partial charge in [-0.1, -0.05) is 31.2 Å². The fourth-order valence-electron chi connectivity index (χ4n) is 1.36. The molecule has 4 nitrogen and oxygen atoms in total. The largest absolute Gasteiger partial charge is 0.478 e. The minimum absolute atomic E-state index is 0.327. The Morgan fingerprint density at radius 2 is 1.90 bits per heavy atom. The van der Waals surface area contributed by atoms with Crippen LogP contribution in [0, 0.1) is 5.92 Å². The van der Waals surface area contributed by atoms with E-state index in [4.69, 9.17) is 9.84 Å². The van der Waals surface area contributed by atoms with Gasteiger partial charge < -0.3 is 9.84 Å². The Hall–Kier alpha value is -1.84. The number of carbonyl (C=O) groups excluding carboxylic acids is 1. The normalized spacial score (nSPS) is 11.0. The number of aliphatic carboxylic acids is 1. The number of rotatable bonds is 8. The number of ether oxygens (including phenoxy) is 1. The summed E-state index contributed by atoms with van der Waals surface area (Å²) in [6.45, 7) is 11.9. The number of hydrogen-bond donors (Lipinski definition) is 1. The van der Waals surface area contributed by atoms with Crippen LogP contribution < -0.4 is 0 Å². The van der Waals surface area contributed by atoms with Gasteiger partial charge in [0, 0.05) is 12.2 Å². The number of carboxylic acid groups (broad SMARTS) is 1. The van der Waals surface area contributed by atoms with Crippen LogP contribution >= 0.6 is 0 Å². The number of carboxylic acids is 1. The summed E-state index contributed by atoms with van der Waals surface area (Å²) in [5.74, 6) is -0.623. The van der Waals surface area contributed by atoms with Crippen molar-refractivity contribution in [2.75, 3.05) is 6.61 Å². The maximum Gasteiger partial charge on any atom is 0.330 e. The summed E-state index contributed by atoms with van der Waals surface area (Å²) < 4.78 is 4.92. The molecule has 1 N–H and O–H groups in total. The molecule has 120 valence electrons. The van der Waals surface area contributed by atoms with E-state index in [2.05, 4.69) is 33.4 Å². The average Bonchev–Trinajstić information content (AvgIpc) is 2.38. The van der Waals surface area contributed by atoms with Crippen LogP contribution in [0.3, 0.4) is 0 Å². The van der Waals surface area contributed by atoms with Crippen LogP contribution in [0.1, 0.15) is 47.0 Å². The van der Waals surface area contributed by atoms with Gasteiger partial charge in [-0.15, -0.1) is 0 Å². The van der Waals surface area contributed by atoms with Gasteiger partial charge in [-0.2, -0.15) is 0 Å². The molecule has 21 heavy (non-hydrogen) atoms. The summed E-state index contributed by atoms with van der Waals surface area (Å²) >= 11 is 0. The molecular formula is C17H28O4. The van der Waals surface area contributed by atoms with E-state index in [0.29, 0.717) is 12.5 Å². The van der Waals surface area contributed by atoms with Gasteiger partial charge in [0.2, 0.25) is 0 Å². The Morgan fingerprint density at radius 3 is 2.29 bits per heavy atom. The number of allylic oxidation sites excluding steroid dienone is 3. The van der Waals surface area contributed by atoms with Crippen LogP contribution in [0.5, 0.6) is 0 Å². The highest BCUT2D eigenvalue weighted by Gasteiger charge is 2.02. The molecule has 0 spiro atoms. The molecule has 0 aliphatic heterocycles. The van der Waals surface area contributed by atoms with Gasteiger partial charge in [0.15, 0.2) is 0 Å². The smallest absolute Gasteiger partial charge is 0.330 e. The van der Waals surface area contributed by atoms with Crippen molar-refractivity contribution in [1.29, 1.82) is 0 Å². The molecule has 1 atom stereocenters. The lowest BCUT2D eigenvalue weighted by Crippen LogP contribution is -2.06. The van der Waals surface area contributed by atoms with Crippen LogP contribution in [0.15, 0.2) is 36.5 Å². The SMILES string of the molecule is C=CC(=O)OCCC(C)CCC=C(C)C.CC=CC(=O)O. The van der Waals surface area contributed by atoms with Crippen LogP contribution in [0.25, 0.3) is 0 Å². The molecule has 0 aliphatic carbocycles. The summed E-state index contributed by atoms with van der Waals surface area (Å²) in [6, 6.07) is 0. The molecule has 0 aromatic rings. The first-order valence-electron chi connectivity index (χ1n) is 7.11. The Labute approximate surface area is 128 Å². The molecule has 0 aromatic carbocycles. The summed E-state index contributed by atoms with van der Waals surface area (Å²) in [5.41, 5.74) is 1.36. The standard InChI is InChI=1S/C13H22O2.C4H6O2/c1-5-13(14)15-10-9-12(4)8-6-7-11(2)3;1-2-3-4(5)6/h5,7,12H,1,6,8-10H2,2-4H3;2-3H,1H3,(H,5,6). The van der Waals surface area contributed by atoms with E-state index < -0.39 is 5.97 Å². The Kier molecular flexibility index (Phi) is 14.9. The van der Waals surface area contributed by atoms with Crippen molar-refractivity contribution in [2.24, 2.45) is 5.92 Å². The van der Waals surface area contributed by atoms with E-state index >= 15 is 0 Å². The third kappa shape index (κ3) is 20.6. The maximum atomic E-state index is 10.7. The summed E-state index contributed by atoms with van der Waals surface area (Å²) in [5, 5.41) is 7.83. The number of esters is 1. The number of hydrogen-bond acceptors (Lipinski definition) is 3. The average molecular weight is 296 g/mol. The summed E-state index contributed by atoms with van der Waals surface area (Å²) in [7, 11) is 0. The second kappa shape index (κ2) is 14.6. The second-order valence-electron chi connectivity index (χ2n) is 4.96. The van der Waals surface area contributed by atoms with E-state index in [1.807, 2.05) is 0 Å². The second-order valence-corrected chi connectivity index (χ2v) is 4.96. The fourth-order valence-corrected chi connectivity index (χ4v) is 1.36. The molecule has 0 amide bonds. The van der Waals surface area contributed by atoms with E-state index in [1.54, 1.807) is 6.92 Å². The third-order valence-corrected chi connectivity index (χ3v) is 2.54. The Balaban J connectivity index is 0. The Bertz CT molecular complexity index is 363. The first kappa shape index (κ1) is 21.5. The topological polar surface area (TPSA) is 63.6 Å². The van der Waals surface area contributed by atoms with Gasteiger partial charge in [0.25, 0.3) is 0 Å². The molecule has 0 bridgehead atoms. The molecule has 0 radical (unpaired) electrons. The molecule has 1 unspecified atom stereocenters. The molecule has 0 saturated heterocycles. The predicted octanol–water partition coefficient (Wildman–Crippen LogP) is 4.14. The summed E-state index contributed by atoms with van der Waals surface area (Å²) in [4.78, 5) is 20.3. The van der Waals surface area contributed by atoms with Crippen molar-refractivity contribution in [3.8, 4) is 0 Å². The van der Waals surface area contributed by atoms with Crippen molar-refractivity contribution in [3.05, 3.63) is 36.5 Å². The Morgan fingerprint density at radius 1 is 1.29 bits per heavy atom. The monoisotopic (exact) mass is 296 g/mol. The van der Waals surface area contributed by atoms with Crippen LogP contribution in [-0.4, -0.2) is 23.7 Å². The first-order chi connectivity index (χ1) is 9.83. The molecule has 0 saturated carbocycles. The van der Waals surface area contributed by atoms with E-state index in [-0.39, 0.29) is 5.97 Å². The molecule has 0 rings (SSSR count). The molecular weight excluding hydrogens is 268 g/mol. The van der Waals surface area contributed by atoms with Crippen molar-refractivity contribution in [1.82, 2.24) is 0 Å². The quantitative estimate of drug-likeness (QED) is 0.415. The van der Waals surface area contributed by atoms with E-state index in [9.17, 15) is 9.59 Å². The highest BCUT2D eigenvalue weighted by molar-refractivity contribution is 5.81. The molecule has 4 heteroatoms. The van der Waals surface area contributed by atoms with Gasteiger partial charge >= 0.3 is 11.9 Å². The van der Waals surface area contributed by atoms with E-state index in [1.165, 1.54) is 17.7 Å². The van der Waals surface area contributed by atoms with Crippen molar-refractivity contribution >= 4 is 11.9 Å². The first-order valence-corrected chi connectivity index (χ1v) is 7.11. The summed E-state index contributed by atoms with van der Waals surface area (Å²) in [6.07, 6.45) is 9.19. The number of carbonyl (C=O) groups is 2. The highest BCUT2D eigenvalue weighted by atomic mass is 16.5. The van der Waals surface area contributed by atoms with Gasteiger partial charge in [-0.3, -0.25) is 0 Å². The lowest BCUT2D eigenvalue weighted by Gasteiger charge is -2.09. The highest BCUT2D eigenvalue weighted by Crippen LogP contribution is 2.11. The van der Waals surface area contributed by atoms with Gasteiger partial charge in [0.1, 0.15) is 0 Å². The van der Waals surface area contributed by atoms with Crippen molar-refractivity contribution < 1.29 is 19.4 Å². The fraction of sp³-hybridized carbons (Fsp3) is 0.529. The zero-order valence-corrected chi connectivity index (χ0v) is 13.6. The van der Waals surface area contributed by atoms with Crippen LogP contribution in [0.4, 0.5) is 0 Å².